The summed E-state index contributed by atoms with van der Waals surface area (Å²) in [5.74, 6) is 0.354. The van der Waals surface area contributed by atoms with Gasteiger partial charge in [0.25, 0.3) is 5.56 Å². The van der Waals surface area contributed by atoms with Gasteiger partial charge in [0.15, 0.2) is 0 Å². The van der Waals surface area contributed by atoms with Crippen molar-refractivity contribution in [2.45, 2.75) is 59.1 Å². The minimum atomic E-state index is -0.346. The van der Waals surface area contributed by atoms with Gasteiger partial charge in [-0.3, -0.25) is 9.36 Å². The number of carbonyl (C=O) groups excluding carboxylic acids is 1. The summed E-state index contributed by atoms with van der Waals surface area (Å²) >= 11 is 1.67. The smallest absolute Gasteiger partial charge is 0.338 e. The summed E-state index contributed by atoms with van der Waals surface area (Å²) in [5.41, 5.74) is 2.61. The highest BCUT2D eigenvalue weighted by Crippen LogP contribution is 2.33. The van der Waals surface area contributed by atoms with Crippen LogP contribution in [0, 0.1) is 6.92 Å². The lowest BCUT2D eigenvalue weighted by molar-refractivity contribution is 0.0378. The lowest BCUT2D eigenvalue weighted by Crippen LogP contribution is -2.25. The van der Waals surface area contributed by atoms with E-state index in [9.17, 15) is 9.59 Å². The molecule has 28 heavy (non-hydrogen) atoms. The number of esters is 1. The maximum atomic E-state index is 13.3. The second-order valence-electron chi connectivity index (χ2n) is 7.60. The highest BCUT2D eigenvalue weighted by molar-refractivity contribution is 7.18. The molecule has 1 aliphatic rings. The average Bonchev–Trinajstić information content (AvgIpc) is 3.03. The Hall–Kier alpha value is -2.47. The molecule has 1 aromatic carbocycles. The molecular formula is C22H24N2O3S. The molecule has 0 aliphatic heterocycles. The second kappa shape index (κ2) is 7.51. The zero-order chi connectivity index (χ0) is 19.8. The number of aryl methyl sites for hydroxylation is 3. The van der Waals surface area contributed by atoms with Crippen molar-refractivity contribution in [1.82, 2.24) is 9.55 Å². The zero-order valence-corrected chi connectivity index (χ0v) is 17.3. The van der Waals surface area contributed by atoms with Gasteiger partial charge >= 0.3 is 5.97 Å². The number of hydrogen-bond acceptors (Lipinski definition) is 5. The van der Waals surface area contributed by atoms with Crippen LogP contribution in [0.2, 0.25) is 0 Å². The molecule has 1 aliphatic carbocycles. The van der Waals surface area contributed by atoms with Crippen molar-refractivity contribution in [1.29, 1.82) is 0 Å². The van der Waals surface area contributed by atoms with E-state index in [1.165, 1.54) is 16.9 Å². The Morgan fingerprint density at radius 1 is 1.29 bits per heavy atom. The number of fused-ring (bicyclic) bond motifs is 3. The molecular weight excluding hydrogens is 372 g/mol. The maximum absolute atomic E-state index is 13.3. The molecule has 4 rings (SSSR count). The minimum Gasteiger partial charge on any atom is -0.459 e. The average molecular weight is 397 g/mol. The lowest BCUT2D eigenvalue weighted by atomic mass is 9.97. The normalized spacial score (nSPS) is 13.7. The van der Waals surface area contributed by atoms with Gasteiger partial charge in [-0.2, -0.15) is 0 Å². The van der Waals surface area contributed by atoms with Gasteiger partial charge in [0.1, 0.15) is 10.7 Å². The van der Waals surface area contributed by atoms with E-state index >= 15 is 0 Å². The van der Waals surface area contributed by atoms with Crippen LogP contribution in [0.4, 0.5) is 0 Å². The lowest BCUT2D eigenvalue weighted by Gasteiger charge is -2.13. The van der Waals surface area contributed by atoms with E-state index in [-0.39, 0.29) is 17.6 Å². The first kappa shape index (κ1) is 18.9. The van der Waals surface area contributed by atoms with Gasteiger partial charge in [0.05, 0.1) is 23.6 Å². The van der Waals surface area contributed by atoms with Crippen LogP contribution in [0.25, 0.3) is 10.2 Å². The van der Waals surface area contributed by atoms with Crippen LogP contribution >= 0.6 is 11.3 Å². The van der Waals surface area contributed by atoms with E-state index in [0.29, 0.717) is 17.9 Å². The van der Waals surface area contributed by atoms with E-state index in [1.807, 2.05) is 32.9 Å². The highest BCUT2D eigenvalue weighted by atomic mass is 32.1. The van der Waals surface area contributed by atoms with Crippen LogP contribution < -0.4 is 5.56 Å². The quantitative estimate of drug-likeness (QED) is 0.618. The first-order valence-electron chi connectivity index (χ1n) is 9.75. The predicted octanol–water partition coefficient (Wildman–Crippen LogP) is 4.26. The Bertz CT molecular complexity index is 1110. The monoisotopic (exact) mass is 396 g/mol. The molecule has 0 spiro atoms. The summed E-state index contributed by atoms with van der Waals surface area (Å²) in [6, 6.07) is 7.28. The van der Waals surface area contributed by atoms with E-state index < -0.39 is 0 Å². The Morgan fingerprint density at radius 2 is 2.07 bits per heavy atom. The molecule has 5 nitrogen and oxygen atoms in total. The number of rotatable bonds is 4. The Labute approximate surface area is 168 Å². The molecule has 0 unspecified atom stereocenters. The highest BCUT2D eigenvalue weighted by Gasteiger charge is 2.21. The predicted molar refractivity (Wildman–Crippen MR) is 111 cm³/mol. The van der Waals surface area contributed by atoms with E-state index in [2.05, 4.69) is 0 Å². The summed E-state index contributed by atoms with van der Waals surface area (Å²) in [5, 5.41) is 0.792. The van der Waals surface area contributed by atoms with Gasteiger partial charge in [0.2, 0.25) is 0 Å². The van der Waals surface area contributed by atoms with Crippen LogP contribution in [-0.4, -0.2) is 21.6 Å². The number of thiophene rings is 1. The first-order chi connectivity index (χ1) is 13.4. The van der Waals surface area contributed by atoms with Crippen LogP contribution in [0.1, 0.15) is 58.9 Å². The van der Waals surface area contributed by atoms with Crippen molar-refractivity contribution in [3.63, 3.8) is 0 Å². The van der Waals surface area contributed by atoms with Gasteiger partial charge in [-0.05, 0) is 69.7 Å². The molecule has 0 radical (unpaired) electrons. The fraction of sp³-hybridized carbons (Fsp3) is 0.409. The van der Waals surface area contributed by atoms with Crippen molar-refractivity contribution < 1.29 is 9.53 Å². The SMILES string of the molecule is Cc1nc2sc3c(c2c(=O)n1Cc1cccc(C(=O)OC(C)C)c1)CCCC3. The van der Waals surface area contributed by atoms with Gasteiger partial charge in [0, 0.05) is 4.88 Å². The Balaban J connectivity index is 1.72. The van der Waals surface area contributed by atoms with Crippen LogP contribution in [0.3, 0.4) is 0 Å². The topological polar surface area (TPSA) is 61.2 Å². The van der Waals surface area contributed by atoms with Crippen molar-refractivity contribution in [2.75, 3.05) is 0 Å². The number of benzene rings is 1. The summed E-state index contributed by atoms with van der Waals surface area (Å²) in [4.78, 5) is 32.4. The van der Waals surface area contributed by atoms with Crippen molar-refractivity contribution >= 4 is 27.5 Å². The second-order valence-corrected chi connectivity index (χ2v) is 8.68. The molecule has 2 heterocycles. The summed E-state index contributed by atoms with van der Waals surface area (Å²) in [7, 11) is 0. The number of ether oxygens (including phenoxy) is 1. The fourth-order valence-corrected chi connectivity index (χ4v) is 5.09. The third-order valence-electron chi connectivity index (χ3n) is 5.11. The molecule has 3 aromatic rings. The molecule has 0 N–H and O–H groups in total. The van der Waals surface area contributed by atoms with Crippen molar-refractivity contribution in [3.05, 3.63) is 62.0 Å². The number of nitrogens with zero attached hydrogens (tertiary/aromatic N) is 2. The van der Waals surface area contributed by atoms with Gasteiger partial charge < -0.3 is 4.74 Å². The minimum absolute atomic E-state index is 0.0251. The zero-order valence-electron chi connectivity index (χ0n) is 16.4. The molecule has 0 fully saturated rings. The van der Waals surface area contributed by atoms with Crippen LogP contribution in [0.5, 0.6) is 0 Å². The fourth-order valence-electron chi connectivity index (χ4n) is 3.79. The summed E-state index contributed by atoms with van der Waals surface area (Å²) in [6.07, 6.45) is 4.16. The standard InChI is InChI=1S/C22H24N2O3S/c1-13(2)27-22(26)16-8-6-7-15(11-16)12-24-14(3)23-20-19(21(24)25)17-9-4-5-10-18(17)28-20/h6-8,11,13H,4-5,9-10,12H2,1-3H3. The number of carbonyl (C=O) groups is 1. The van der Waals surface area contributed by atoms with Gasteiger partial charge in [-0.1, -0.05) is 12.1 Å². The maximum Gasteiger partial charge on any atom is 0.338 e. The van der Waals surface area contributed by atoms with Crippen molar-refractivity contribution in [2.24, 2.45) is 0 Å². The number of hydrogen-bond donors (Lipinski definition) is 0. The Kier molecular flexibility index (Phi) is 5.06. The molecule has 0 saturated heterocycles. The van der Waals surface area contributed by atoms with Crippen molar-refractivity contribution in [3.8, 4) is 0 Å². The van der Waals surface area contributed by atoms with E-state index in [1.54, 1.807) is 28.0 Å². The van der Waals surface area contributed by atoms with Gasteiger partial charge in [-0.15, -0.1) is 11.3 Å². The third-order valence-corrected chi connectivity index (χ3v) is 6.30. The summed E-state index contributed by atoms with van der Waals surface area (Å²) < 4.78 is 7.00. The molecule has 0 bridgehead atoms. The number of aromatic nitrogens is 2. The Morgan fingerprint density at radius 3 is 2.86 bits per heavy atom. The van der Waals surface area contributed by atoms with Crippen LogP contribution in [0.15, 0.2) is 29.1 Å². The molecule has 0 atom stereocenters. The largest absolute Gasteiger partial charge is 0.459 e. The molecule has 146 valence electrons. The molecule has 0 saturated carbocycles. The first-order valence-corrected chi connectivity index (χ1v) is 10.6. The van der Waals surface area contributed by atoms with Crippen LogP contribution in [-0.2, 0) is 24.1 Å². The van der Waals surface area contributed by atoms with Gasteiger partial charge in [-0.25, -0.2) is 9.78 Å². The molecule has 0 amide bonds. The molecule has 6 heteroatoms. The van der Waals surface area contributed by atoms with E-state index in [4.69, 9.17) is 9.72 Å². The molecule has 2 aromatic heterocycles. The third kappa shape index (κ3) is 3.49. The summed E-state index contributed by atoms with van der Waals surface area (Å²) in [6.45, 7) is 5.91. The van der Waals surface area contributed by atoms with E-state index in [0.717, 1.165) is 35.0 Å².